The minimum atomic E-state index is 0.201. The first-order chi connectivity index (χ1) is 6.73. The van der Waals surface area contributed by atoms with Gasteiger partial charge in [0.05, 0.1) is 0 Å². The highest BCUT2D eigenvalue weighted by atomic mass is 15.2. The van der Waals surface area contributed by atoms with Gasteiger partial charge in [-0.2, -0.15) is 0 Å². The number of hydrogen-bond donors (Lipinski definition) is 1. The van der Waals surface area contributed by atoms with Crippen LogP contribution in [0.4, 0.5) is 0 Å². The Morgan fingerprint density at radius 3 is 2.00 bits per heavy atom. The average Bonchev–Trinajstić information content (AvgIpc) is 2.96. The van der Waals surface area contributed by atoms with Crippen LogP contribution in [0, 0.1) is 11.3 Å². The van der Waals surface area contributed by atoms with Crippen molar-refractivity contribution in [3.05, 3.63) is 0 Å². The average molecular weight is 212 g/mol. The Hall–Kier alpha value is -0.0800. The molecule has 0 saturated heterocycles. The Labute approximate surface area is 95.2 Å². The first-order valence-corrected chi connectivity index (χ1v) is 6.16. The van der Waals surface area contributed by atoms with Crippen molar-refractivity contribution in [2.24, 2.45) is 17.1 Å². The van der Waals surface area contributed by atoms with Gasteiger partial charge >= 0.3 is 0 Å². The molecule has 0 aromatic carbocycles. The first kappa shape index (κ1) is 13.0. The van der Waals surface area contributed by atoms with Gasteiger partial charge in [-0.05, 0) is 45.1 Å². The third kappa shape index (κ3) is 2.54. The molecule has 0 aromatic rings. The summed E-state index contributed by atoms with van der Waals surface area (Å²) in [7, 11) is 2.24. The molecular formula is C13H28N2. The van der Waals surface area contributed by atoms with E-state index in [0.29, 0.717) is 11.5 Å². The van der Waals surface area contributed by atoms with Gasteiger partial charge in [0.2, 0.25) is 0 Å². The topological polar surface area (TPSA) is 29.3 Å². The van der Waals surface area contributed by atoms with Gasteiger partial charge in [0.15, 0.2) is 0 Å². The van der Waals surface area contributed by atoms with Crippen LogP contribution in [0.5, 0.6) is 0 Å². The van der Waals surface area contributed by atoms with Gasteiger partial charge in [0.25, 0.3) is 0 Å². The SMILES string of the molecule is CC(N(C)C(C)(CN)C1CC1)C(C)(C)C. The molecule has 0 heterocycles. The fourth-order valence-corrected chi connectivity index (χ4v) is 2.33. The maximum absolute atomic E-state index is 5.99. The molecule has 2 nitrogen and oxygen atoms in total. The van der Waals surface area contributed by atoms with E-state index < -0.39 is 0 Å². The summed E-state index contributed by atoms with van der Waals surface area (Å²) in [6, 6.07) is 0.562. The standard InChI is InChI=1S/C13H28N2/c1-10(12(2,3)4)15(6)13(5,9-14)11-7-8-11/h10-11H,7-9,14H2,1-6H3. The van der Waals surface area contributed by atoms with Crippen molar-refractivity contribution in [3.63, 3.8) is 0 Å². The summed E-state index contributed by atoms with van der Waals surface area (Å²) in [4.78, 5) is 2.50. The second-order valence-corrected chi connectivity index (χ2v) is 6.49. The van der Waals surface area contributed by atoms with Crippen molar-refractivity contribution in [2.75, 3.05) is 13.6 Å². The molecule has 2 heteroatoms. The molecule has 0 spiro atoms. The summed E-state index contributed by atoms with van der Waals surface area (Å²) in [6.07, 6.45) is 2.71. The molecule has 1 fully saturated rings. The van der Waals surface area contributed by atoms with E-state index in [-0.39, 0.29) is 5.54 Å². The van der Waals surface area contributed by atoms with Crippen LogP contribution in [0.3, 0.4) is 0 Å². The maximum Gasteiger partial charge on any atom is 0.0331 e. The van der Waals surface area contributed by atoms with E-state index in [1.165, 1.54) is 12.8 Å². The second-order valence-electron chi connectivity index (χ2n) is 6.49. The number of nitrogens with zero attached hydrogens (tertiary/aromatic N) is 1. The van der Waals surface area contributed by atoms with Gasteiger partial charge in [-0.25, -0.2) is 0 Å². The van der Waals surface area contributed by atoms with E-state index in [2.05, 4.69) is 46.6 Å². The van der Waals surface area contributed by atoms with Crippen LogP contribution in [0.2, 0.25) is 0 Å². The lowest BCUT2D eigenvalue weighted by atomic mass is 9.83. The van der Waals surface area contributed by atoms with E-state index in [4.69, 9.17) is 5.73 Å². The summed E-state index contributed by atoms with van der Waals surface area (Å²) in [5.74, 6) is 0.817. The molecule has 1 saturated carbocycles. The molecule has 2 N–H and O–H groups in total. The van der Waals surface area contributed by atoms with E-state index >= 15 is 0 Å². The molecule has 0 aliphatic heterocycles. The molecular weight excluding hydrogens is 184 g/mol. The van der Waals surface area contributed by atoms with Crippen LogP contribution in [-0.2, 0) is 0 Å². The predicted molar refractivity (Wildman–Crippen MR) is 66.9 cm³/mol. The van der Waals surface area contributed by atoms with Gasteiger partial charge in [-0.15, -0.1) is 0 Å². The smallest absolute Gasteiger partial charge is 0.0331 e. The zero-order chi connectivity index (χ0) is 11.9. The van der Waals surface area contributed by atoms with Crippen LogP contribution in [-0.4, -0.2) is 30.1 Å². The van der Waals surface area contributed by atoms with Crippen molar-refractivity contribution in [3.8, 4) is 0 Å². The Morgan fingerprint density at radius 2 is 1.73 bits per heavy atom. The van der Waals surface area contributed by atoms with Crippen LogP contribution in [0.15, 0.2) is 0 Å². The molecule has 0 radical (unpaired) electrons. The molecule has 1 aliphatic rings. The Bertz CT molecular complexity index is 215. The summed E-state index contributed by atoms with van der Waals surface area (Å²) >= 11 is 0. The van der Waals surface area contributed by atoms with Crippen molar-refractivity contribution in [1.29, 1.82) is 0 Å². The highest BCUT2D eigenvalue weighted by Crippen LogP contribution is 2.44. The number of likely N-dealkylation sites (N-methyl/N-ethyl adjacent to an activating group) is 1. The van der Waals surface area contributed by atoms with Crippen LogP contribution >= 0.6 is 0 Å². The van der Waals surface area contributed by atoms with Gasteiger partial charge < -0.3 is 5.73 Å². The van der Waals surface area contributed by atoms with Crippen molar-refractivity contribution < 1.29 is 0 Å². The molecule has 1 rings (SSSR count). The summed E-state index contributed by atoms with van der Waals surface area (Å²) in [5, 5.41) is 0. The Morgan fingerprint density at radius 1 is 1.27 bits per heavy atom. The largest absolute Gasteiger partial charge is 0.329 e. The highest BCUT2D eigenvalue weighted by molar-refractivity contribution is 5.01. The van der Waals surface area contributed by atoms with Gasteiger partial charge in [0.1, 0.15) is 0 Å². The molecule has 0 aromatic heterocycles. The van der Waals surface area contributed by atoms with E-state index in [1.54, 1.807) is 0 Å². The van der Waals surface area contributed by atoms with Gasteiger partial charge in [-0.3, -0.25) is 4.90 Å². The summed E-state index contributed by atoms with van der Waals surface area (Å²) < 4.78 is 0. The van der Waals surface area contributed by atoms with E-state index in [0.717, 1.165) is 12.5 Å². The lowest BCUT2D eigenvalue weighted by molar-refractivity contribution is 0.0287. The molecule has 2 unspecified atom stereocenters. The fourth-order valence-electron chi connectivity index (χ4n) is 2.33. The third-order valence-corrected chi connectivity index (χ3v) is 4.51. The first-order valence-electron chi connectivity index (χ1n) is 6.16. The third-order valence-electron chi connectivity index (χ3n) is 4.51. The molecule has 2 atom stereocenters. The van der Waals surface area contributed by atoms with E-state index in [1.807, 2.05) is 0 Å². The maximum atomic E-state index is 5.99. The van der Waals surface area contributed by atoms with Crippen LogP contribution < -0.4 is 5.73 Å². The number of hydrogen-bond acceptors (Lipinski definition) is 2. The molecule has 90 valence electrons. The Kier molecular flexibility index (Phi) is 3.52. The van der Waals surface area contributed by atoms with Crippen molar-refractivity contribution in [2.45, 2.75) is 59.0 Å². The van der Waals surface area contributed by atoms with Crippen LogP contribution in [0.25, 0.3) is 0 Å². The van der Waals surface area contributed by atoms with Crippen LogP contribution in [0.1, 0.15) is 47.5 Å². The quantitative estimate of drug-likeness (QED) is 0.776. The normalized spacial score (nSPS) is 24.0. The van der Waals surface area contributed by atoms with Gasteiger partial charge in [-0.1, -0.05) is 20.8 Å². The lowest BCUT2D eigenvalue weighted by Gasteiger charge is -2.47. The zero-order valence-corrected chi connectivity index (χ0v) is 11.3. The number of rotatable bonds is 4. The van der Waals surface area contributed by atoms with Gasteiger partial charge in [0, 0.05) is 18.1 Å². The van der Waals surface area contributed by atoms with Crippen molar-refractivity contribution in [1.82, 2.24) is 4.90 Å². The summed E-state index contributed by atoms with van der Waals surface area (Å²) in [5.41, 5.74) is 6.51. The minimum absolute atomic E-state index is 0.201. The molecule has 1 aliphatic carbocycles. The monoisotopic (exact) mass is 212 g/mol. The molecule has 15 heavy (non-hydrogen) atoms. The minimum Gasteiger partial charge on any atom is -0.329 e. The molecule has 0 bridgehead atoms. The molecule has 0 amide bonds. The summed E-state index contributed by atoms with van der Waals surface area (Å²) in [6.45, 7) is 12.3. The van der Waals surface area contributed by atoms with Crippen molar-refractivity contribution >= 4 is 0 Å². The highest BCUT2D eigenvalue weighted by Gasteiger charge is 2.46. The lowest BCUT2D eigenvalue weighted by Crippen LogP contribution is -2.57. The second kappa shape index (κ2) is 4.06. The Balaban J connectivity index is 2.76. The predicted octanol–water partition coefficient (Wildman–Crippen LogP) is 2.48. The van der Waals surface area contributed by atoms with E-state index in [9.17, 15) is 0 Å². The number of nitrogens with two attached hydrogens (primary N) is 1. The zero-order valence-electron chi connectivity index (χ0n) is 11.3. The fraction of sp³-hybridized carbons (Fsp3) is 1.00.